The number of hydrogen-bond donors (Lipinski definition) is 2. The van der Waals surface area contributed by atoms with Gasteiger partial charge >= 0.3 is 0 Å². The van der Waals surface area contributed by atoms with E-state index in [0.29, 0.717) is 16.9 Å². The quantitative estimate of drug-likeness (QED) is 0.607. The molecule has 1 heterocycles. The molecular formula is C17H14ClN3O4. The molecule has 1 aromatic carbocycles. The van der Waals surface area contributed by atoms with E-state index in [2.05, 4.69) is 9.83 Å². The maximum absolute atomic E-state index is 9.38. The Hall–Kier alpha value is -2.84. The first-order chi connectivity index (χ1) is 12.0. The van der Waals surface area contributed by atoms with E-state index < -0.39 is 12.7 Å². The molecule has 0 amide bonds. The minimum absolute atomic E-state index is 0.0420. The molecule has 128 valence electrons. The maximum atomic E-state index is 9.38. The first-order valence-electron chi connectivity index (χ1n) is 7.12. The van der Waals surface area contributed by atoms with E-state index in [9.17, 15) is 10.4 Å². The number of benzene rings is 1. The van der Waals surface area contributed by atoms with E-state index in [1.807, 2.05) is 6.07 Å². The highest BCUT2D eigenvalue weighted by atomic mass is 35.5. The average molecular weight is 360 g/mol. The van der Waals surface area contributed by atoms with Gasteiger partial charge in [-0.15, -0.1) is 0 Å². The number of aliphatic hydroxyl groups is 2. The van der Waals surface area contributed by atoms with Gasteiger partial charge in [-0.1, -0.05) is 23.7 Å². The summed E-state index contributed by atoms with van der Waals surface area (Å²) < 4.78 is 10.4. The molecule has 8 heteroatoms. The zero-order valence-electron chi connectivity index (χ0n) is 13.2. The Balaban J connectivity index is 2.46. The second kappa shape index (κ2) is 8.32. The van der Waals surface area contributed by atoms with Gasteiger partial charge in [0.1, 0.15) is 29.7 Å². The van der Waals surface area contributed by atoms with E-state index in [1.165, 1.54) is 7.11 Å². The zero-order chi connectivity index (χ0) is 18.4. The van der Waals surface area contributed by atoms with Crippen LogP contribution in [0.25, 0.3) is 16.0 Å². The van der Waals surface area contributed by atoms with Gasteiger partial charge in [0.05, 0.1) is 25.9 Å². The summed E-state index contributed by atoms with van der Waals surface area (Å²) in [6.07, 6.45) is -0.971. The zero-order valence-corrected chi connectivity index (χ0v) is 14.0. The molecule has 7 nitrogen and oxygen atoms in total. The highest BCUT2D eigenvalue weighted by Crippen LogP contribution is 2.42. The molecule has 0 saturated heterocycles. The fourth-order valence-corrected chi connectivity index (χ4v) is 2.33. The second-order valence-corrected chi connectivity index (χ2v) is 5.26. The molecule has 0 radical (unpaired) electrons. The van der Waals surface area contributed by atoms with Gasteiger partial charge < -0.3 is 19.7 Å². The first-order valence-corrected chi connectivity index (χ1v) is 7.50. The Morgan fingerprint density at radius 1 is 1.40 bits per heavy atom. The largest absolute Gasteiger partial charge is 0.491 e. The van der Waals surface area contributed by atoms with Crippen LogP contribution in [0.1, 0.15) is 5.56 Å². The molecule has 1 atom stereocenters. The van der Waals surface area contributed by atoms with Gasteiger partial charge in [0.2, 0.25) is 5.88 Å². The lowest BCUT2D eigenvalue weighted by atomic mass is 10.00. The molecule has 0 bridgehead atoms. The van der Waals surface area contributed by atoms with Gasteiger partial charge in [-0.25, -0.2) is 9.83 Å². The monoisotopic (exact) mass is 359 g/mol. The summed E-state index contributed by atoms with van der Waals surface area (Å²) in [6.45, 7) is 6.92. The smallest absolute Gasteiger partial charge is 0.256 e. The van der Waals surface area contributed by atoms with E-state index in [4.69, 9.17) is 32.8 Å². The van der Waals surface area contributed by atoms with Crippen molar-refractivity contribution in [3.63, 3.8) is 0 Å². The van der Waals surface area contributed by atoms with Gasteiger partial charge in [-0.05, 0) is 17.7 Å². The highest BCUT2D eigenvalue weighted by Gasteiger charge is 2.21. The van der Waals surface area contributed by atoms with Crippen molar-refractivity contribution < 1.29 is 19.7 Å². The second-order valence-electron chi connectivity index (χ2n) is 4.91. The van der Waals surface area contributed by atoms with Crippen LogP contribution in [0.15, 0.2) is 24.3 Å². The molecule has 2 aromatic rings. The number of pyridine rings is 1. The van der Waals surface area contributed by atoms with Crippen LogP contribution in [-0.4, -0.2) is 41.6 Å². The van der Waals surface area contributed by atoms with Gasteiger partial charge in [0.15, 0.2) is 0 Å². The van der Waals surface area contributed by atoms with Crippen LogP contribution in [0.3, 0.4) is 0 Å². The topological polar surface area (TPSA) is 100.0 Å². The molecule has 1 aromatic heterocycles. The van der Waals surface area contributed by atoms with Gasteiger partial charge in [-0.2, -0.15) is 5.26 Å². The molecule has 25 heavy (non-hydrogen) atoms. The fraction of sp³-hybridized carbons (Fsp3) is 0.235. The maximum Gasteiger partial charge on any atom is 0.256 e. The van der Waals surface area contributed by atoms with Crippen molar-refractivity contribution in [3.8, 4) is 28.8 Å². The van der Waals surface area contributed by atoms with E-state index in [0.717, 1.165) is 0 Å². The molecule has 0 fully saturated rings. The Morgan fingerprint density at radius 2 is 2.08 bits per heavy atom. The lowest BCUT2D eigenvalue weighted by molar-refractivity contribution is 0.0536. The van der Waals surface area contributed by atoms with Gasteiger partial charge in [0, 0.05) is 5.56 Å². The number of methoxy groups -OCH3 is 1. The van der Waals surface area contributed by atoms with Crippen LogP contribution in [0.5, 0.6) is 11.6 Å². The summed E-state index contributed by atoms with van der Waals surface area (Å²) >= 11 is 6.03. The third-order valence-corrected chi connectivity index (χ3v) is 3.58. The lowest BCUT2D eigenvalue weighted by Crippen LogP contribution is -2.21. The predicted molar refractivity (Wildman–Crippen MR) is 90.8 cm³/mol. The third-order valence-electron chi connectivity index (χ3n) is 3.31. The Labute approximate surface area is 149 Å². The van der Waals surface area contributed by atoms with Crippen molar-refractivity contribution in [1.29, 1.82) is 5.26 Å². The molecule has 0 aliphatic carbocycles. The van der Waals surface area contributed by atoms with Gasteiger partial charge in [-0.3, -0.25) is 0 Å². The molecular weight excluding hydrogens is 346 g/mol. The average Bonchev–Trinajstić information content (AvgIpc) is 2.65. The molecule has 2 N–H and O–H groups in total. The molecule has 0 saturated carbocycles. The van der Waals surface area contributed by atoms with Crippen molar-refractivity contribution >= 4 is 17.3 Å². The Morgan fingerprint density at radius 3 is 2.60 bits per heavy atom. The van der Waals surface area contributed by atoms with Crippen LogP contribution in [0.4, 0.5) is 5.69 Å². The van der Waals surface area contributed by atoms with Crippen molar-refractivity contribution in [2.45, 2.75) is 6.10 Å². The number of aromatic nitrogens is 1. The first kappa shape index (κ1) is 18.5. The standard InChI is InChI=1S/C17H14ClN3O4/c1-20-15-14(13(7-19)16(18)21-17(15)24-2)10-3-5-12(6-4-10)25-9-11(23)8-22/h3-6,11,22-23H,8-9H2,2H3/t11-/m0/s1. The summed E-state index contributed by atoms with van der Waals surface area (Å²) in [5.74, 6) is 0.506. The number of nitriles is 1. The lowest BCUT2D eigenvalue weighted by Gasteiger charge is -2.13. The van der Waals surface area contributed by atoms with Crippen molar-refractivity contribution in [2.75, 3.05) is 20.3 Å². The number of aliphatic hydroxyl groups excluding tert-OH is 2. The molecule has 0 unspecified atom stereocenters. The van der Waals surface area contributed by atoms with E-state index >= 15 is 0 Å². The minimum atomic E-state index is -0.971. The van der Waals surface area contributed by atoms with Crippen molar-refractivity contribution in [3.05, 3.63) is 46.4 Å². The van der Waals surface area contributed by atoms with E-state index in [-0.39, 0.29) is 28.9 Å². The summed E-state index contributed by atoms with van der Waals surface area (Å²) in [7, 11) is 1.37. The van der Waals surface area contributed by atoms with Crippen LogP contribution < -0.4 is 9.47 Å². The Kier molecular flexibility index (Phi) is 6.15. The number of hydrogen-bond acceptors (Lipinski definition) is 6. The molecule has 0 aliphatic heterocycles. The number of ether oxygens (including phenoxy) is 2. The normalized spacial score (nSPS) is 11.3. The number of rotatable bonds is 6. The fourth-order valence-electron chi connectivity index (χ4n) is 2.12. The molecule has 0 spiro atoms. The summed E-state index contributed by atoms with van der Waals surface area (Å²) in [5, 5.41) is 27.4. The highest BCUT2D eigenvalue weighted by molar-refractivity contribution is 6.31. The third kappa shape index (κ3) is 3.98. The SMILES string of the molecule is [C-]#[N+]c1c(OC)nc(Cl)c(C#N)c1-c1ccc(OC[C@@H](O)CO)cc1. The Bertz CT molecular complexity index is 841. The van der Waals surface area contributed by atoms with Gasteiger partial charge in [0.25, 0.3) is 5.69 Å². The van der Waals surface area contributed by atoms with Crippen molar-refractivity contribution in [1.82, 2.24) is 4.98 Å². The van der Waals surface area contributed by atoms with Crippen molar-refractivity contribution in [2.24, 2.45) is 0 Å². The summed E-state index contributed by atoms with van der Waals surface area (Å²) in [4.78, 5) is 7.35. The van der Waals surface area contributed by atoms with Crippen LogP contribution in [0, 0.1) is 17.9 Å². The van der Waals surface area contributed by atoms with E-state index in [1.54, 1.807) is 24.3 Å². The minimum Gasteiger partial charge on any atom is -0.491 e. The summed E-state index contributed by atoms with van der Waals surface area (Å²) in [5.41, 5.74) is 1.07. The van der Waals surface area contributed by atoms with Crippen LogP contribution >= 0.6 is 11.6 Å². The number of halogens is 1. The summed E-state index contributed by atoms with van der Waals surface area (Å²) in [6, 6.07) is 8.51. The molecule has 0 aliphatic rings. The van der Waals surface area contributed by atoms with Crippen LogP contribution in [0.2, 0.25) is 5.15 Å². The van der Waals surface area contributed by atoms with Crippen LogP contribution in [-0.2, 0) is 0 Å². The predicted octanol–water partition coefficient (Wildman–Crippen LogP) is 2.57. The number of nitrogens with zero attached hydrogens (tertiary/aromatic N) is 3. The molecule has 2 rings (SSSR count).